The molecular formula is C8H11N5O. The van der Waals surface area contributed by atoms with Gasteiger partial charge in [-0.3, -0.25) is 0 Å². The molecule has 0 fully saturated rings. The summed E-state index contributed by atoms with van der Waals surface area (Å²) in [4.78, 5) is 8.21. The zero-order valence-corrected chi connectivity index (χ0v) is 7.77. The Morgan fingerprint density at radius 3 is 3.21 bits per heavy atom. The minimum absolute atomic E-state index is 0.0665. The molecule has 1 atom stereocenters. The SMILES string of the molecule is CC(N)CNc1ncc2oncc2n1. The number of anilines is 1. The van der Waals surface area contributed by atoms with Gasteiger partial charge in [-0.25, -0.2) is 9.97 Å². The molecule has 0 aliphatic rings. The molecule has 6 nitrogen and oxygen atoms in total. The van der Waals surface area contributed by atoms with Crippen LogP contribution in [0.5, 0.6) is 0 Å². The van der Waals surface area contributed by atoms with Gasteiger partial charge in [-0.05, 0) is 6.92 Å². The maximum atomic E-state index is 5.58. The van der Waals surface area contributed by atoms with Gasteiger partial charge in [0.2, 0.25) is 11.5 Å². The molecule has 74 valence electrons. The third kappa shape index (κ3) is 1.80. The molecule has 0 saturated heterocycles. The molecule has 2 heterocycles. The van der Waals surface area contributed by atoms with Crippen molar-refractivity contribution in [2.75, 3.05) is 11.9 Å². The summed E-state index contributed by atoms with van der Waals surface area (Å²) in [6, 6.07) is 0.0665. The second-order valence-electron chi connectivity index (χ2n) is 3.13. The van der Waals surface area contributed by atoms with Crippen LogP contribution in [0.25, 0.3) is 11.1 Å². The molecule has 2 rings (SSSR count). The Kier molecular flexibility index (Phi) is 2.28. The average Bonchev–Trinajstić information content (AvgIpc) is 2.61. The zero-order valence-electron chi connectivity index (χ0n) is 7.77. The molecule has 0 aromatic carbocycles. The molecule has 1 unspecified atom stereocenters. The van der Waals surface area contributed by atoms with Gasteiger partial charge in [-0.2, -0.15) is 0 Å². The third-order valence-electron chi connectivity index (χ3n) is 1.69. The van der Waals surface area contributed by atoms with Crippen molar-refractivity contribution < 1.29 is 4.52 Å². The van der Waals surface area contributed by atoms with Gasteiger partial charge in [0.05, 0.1) is 12.4 Å². The summed E-state index contributed by atoms with van der Waals surface area (Å²) >= 11 is 0. The van der Waals surface area contributed by atoms with E-state index in [-0.39, 0.29) is 6.04 Å². The van der Waals surface area contributed by atoms with Crippen LogP contribution < -0.4 is 11.1 Å². The van der Waals surface area contributed by atoms with Crippen LogP contribution in [-0.4, -0.2) is 27.7 Å². The minimum atomic E-state index is 0.0665. The Morgan fingerprint density at radius 1 is 1.57 bits per heavy atom. The van der Waals surface area contributed by atoms with E-state index in [2.05, 4.69) is 20.4 Å². The predicted octanol–water partition coefficient (Wildman–Crippen LogP) is 0.377. The number of nitrogens with one attached hydrogen (secondary N) is 1. The van der Waals surface area contributed by atoms with E-state index >= 15 is 0 Å². The number of rotatable bonds is 3. The zero-order chi connectivity index (χ0) is 9.97. The molecular weight excluding hydrogens is 182 g/mol. The smallest absolute Gasteiger partial charge is 0.223 e. The molecule has 0 aliphatic heterocycles. The topological polar surface area (TPSA) is 89.9 Å². The van der Waals surface area contributed by atoms with Gasteiger partial charge in [0.1, 0.15) is 5.52 Å². The van der Waals surface area contributed by atoms with Crippen molar-refractivity contribution in [1.82, 2.24) is 15.1 Å². The highest BCUT2D eigenvalue weighted by atomic mass is 16.5. The van der Waals surface area contributed by atoms with E-state index in [9.17, 15) is 0 Å². The van der Waals surface area contributed by atoms with Crippen LogP contribution in [0.3, 0.4) is 0 Å². The molecule has 2 aromatic rings. The highest BCUT2D eigenvalue weighted by Crippen LogP contribution is 2.10. The Labute approximate surface area is 80.5 Å². The van der Waals surface area contributed by atoms with Gasteiger partial charge in [0.25, 0.3) is 0 Å². The fourth-order valence-electron chi connectivity index (χ4n) is 1.02. The molecule has 0 aliphatic carbocycles. The lowest BCUT2D eigenvalue weighted by molar-refractivity contribution is 0.455. The fraction of sp³-hybridized carbons (Fsp3) is 0.375. The molecule has 14 heavy (non-hydrogen) atoms. The van der Waals surface area contributed by atoms with Gasteiger partial charge in [-0.15, -0.1) is 0 Å². The summed E-state index contributed by atoms with van der Waals surface area (Å²) in [6.45, 7) is 2.54. The number of fused-ring (bicyclic) bond motifs is 1. The summed E-state index contributed by atoms with van der Waals surface area (Å²) in [5, 5.41) is 6.62. The highest BCUT2D eigenvalue weighted by molar-refractivity contribution is 5.70. The van der Waals surface area contributed by atoms with Crippen molar-refractivity contribution in [2.45, 2.75) is 13.0 Å². The average molecular weight is 193 g/mol. The number of aromatic nitrogens is 3. The van der Waals surface area contributed by atoms with Gasteiger partial charge in [0, 0.05) is 12.6 Å². The van der Waals surface area contributed by atoms with E-state index in [4.69, 9.17) is 10.3 Å². The van der Waals surface area contributed by atoms with Crippen LogP contribution >= 0.6 is 0 Å². The van der Waals surface area contributed by atoms with Crippen LogP contribution in [-0.2, 0) is 0 Å². The monoisotopic (exact) mass is 193 g/mol. The maximum absolute atomic E-state index is 5.58. The summed E-state index contributed by atoms with van der Waals surface area (Å²) in [5.41, 5.74) is 6.85. The van der Waals surface area contributed by atoms with Crippen molar-refractivity contribution in [1.29, 1.82) is 0 Å². The second-order valence-corrected chi connectivity index (χ2v) is 3.13. The van der Waals surface area contributed by atoms with Gasteiger partial charge in [-0.1, -0.05) is 5.16 Å². The van der Waals surface area contributed by atoms with Gasteiger partial charge >= 0.3 is 0 Å². The van der Waals surface area contributed by atoms with Crippen molar-refractivity contribution >= 4 is 17.0 Å². The molecule has 3 N–H and O–H groups in total. The number of nitrogens with two attached hydrogens (primary N) is 1. The lowest BCUT2D eigenvalue weighted by Crippen LogP contribution is -2.25. The fourth-order valence-corrected chi connectivity index (χ4v) is 1.02. The van der Waals surface area contributed by atoms with E-state index < -0.39 is 0 Å². The predicted molar refractivity (Wildman–Crippen MR) is 51.7 cm³/mol. The van der Waals surface area contributed by atoms with Gasteiger partial charge < -0.3 is 15.6 Å². The van der Waals surface area contributed by atoms with Crippen LogP contribution in [0, 0.1) is 0 Å². The van der Waals surface area contributed by atoms with Gasteiger partial charge in [0.15, 0.2) is 0 Å². The van der Waals surface area contributed by atoms with E-state index in [0.717, 1.165) is 0 Å². The first-order valence-corrected chi connectivity index (χ1v) is 4.32. The Hall–Kier alpha value is -1.69. The van der Waals surface area contributed by atoms with Crippen LogP contribution in [0.15, 0.2) is 16.9 Å². The molecule has 2 aromatic heterocycles. The Balaban J connectivity index is 2.17. The first-order valence-electron chi connectivity index (χ1n) is 4.32. The molecule has 0 amide bonds. The largest absolute Gasteiger partial charge is 0.353 e. The summed E-state index contributed by atoms with van der Waals surface area (Å²) in [6.07, 6.45) is 3.13. The molecule has 6 heteroatoms. The lowest BCUT2D eigenvalue weighted by atomic mass is 10.4. The van der Waals surface area contributed by atoms with Crippen molar-refractivity contribution in [3.63, 3.8) is 0 Å². The summed E-state index contributed by atoms with van der Waals surface area (Å²) in [5.74, 6) is 0.540. The second kappa shape index (κ2) is 3.59. The quantitative estimate of drug-likeness (QED) is 0.732. The summed E-state index contributed by atoms with van der Waals surface area (Å²) < 4.78 is 4.87. The third-order valence-corrected chi connectivity index (χ3v) is 1.69. The lowest BCUT2D eigenvalue weighted by Gasteiger charge is -2.06. The minimum Gasteiger partial charge on any atom is -0.353 e. The number of hydrogen-bond donors (Lipinski definition) is 2. The molecule has 0 bridgehead atoms. The van der Waals surface area contributed by atoms with Crippen LogP contribution in [0.1, 0.15) is 6.92 Å². The van der Waals surface area contributed by atoms with E-state index in [1.165, 1.54) is 0 Å². The number of hydrogen-bond acceptors (Lipinski definition) is 6. The van der Waals surface area contributed by atoms with E-state index in [1.54, 1.807) is 12.4 Å². The van der Waals surface area contributed by atoms with Crippen molar-refractivity contribution in [3.8, 4) is 0 Å². The Bertz CT molecular complexity index is 424. The summed E-state index contributed by atoms with van der Waals surface area (Å²) in [7, 11) is 0. The highest BCUT2D eigenvalue weighted by Gasteiger charge is 2.03. The normalized spacial score (nSPS) is 13.0. The maximum Gasteiger partial charge on any atom is 0.223 e. The molecule has 0 radical (unpaired) electrons. The molecule has 0 spiro atoms. The van der Waals surface area contributed by atoms with Crippen molar-refractivity contribution in [3.05, 3.63) is 12.4 Å². The van der Waals surface area contributed by atoms with Crippen molar-refractivity contribution in [2.24, 2.45) is 5.73 Å². The van der Waals surface area contributed by atoms with Crippen LogP contribution in [0.4, 0.5) is 5.95 Å². The van der Waals surface area contributed by atoms with E-state index in [0.29, 0.717) is 23.6 Å². The van der Waals surface area contributed by atoms with Crippen LogP contribution in [0.2, 0.25) is 0 Å². The molecule has 0 saturated carbocycles. The Morgan fingerprint density at radius 2 is 2.43 bits per heavy atom. The first-order chi connectivity index (χ1) is 6.75. The van der Waals surface area contributed by atoms with E-state index in [1.807, 2.05) is 6.92 Å². The standard InChI is InChI=1S/C8H11N5O/c1-5(9)2-10-8-11-4-7-6(13-8)3-12-14-7/h3-5H,2,9H2,1H3,(H,10,11,13). The first kappa shape index (κ1) is 8.89. The number of nitrogens with zero attached hydrogens (tertiary/aromatic N) is 3.